The van der Waals surface area contributed by atoms with Crippen molar-refractivity contribution in [1.29, 1.82) is 0 Å². The Morgan fingerprint density at radius 2 is 2.38 bits per heavy atom. The molecule has 8 heavy (non-hydrogen) atoms. The van der Waals surface area contributed by atoms with E-state index in [1.807, 2.05) is 0 Å². The van der Waals surface area contributed by atoms with E-state index < -0.39 is 0 Å². The summed E-state index contributed by atoms with van der Waals surface area (Å²) in [5, 5.41) is 0. The van der Waals surface area contributed by atoms with Crippen LogP contribution in [-0.2, 0) is 4.74 Å². The minimum Gasteiger partial charge on any atom is -0.364 e. The van der Waals surface area contributed by atoms with Gasteiger partial charge in [0.2, 0.25) is 0 Å². The summed E-state index contributed by atoms with van der Waals surface area (Å²) in [7, 11) is 0. The van der Waals surface area contributed by atoms with Crippen LogP contribution in [0.15, 0.2) is 0 Å². The molecule has 0 aromatic carbocycles. The van der Waals surface area contributed by atoms with E-state index >= 15 is 0 Å². The van der Waals surface area contributed by atoms with Crippen LogP contribution >= 0.6 is 22.6 Å². The molecule has 0 aromatic heterocycles. The van der Waals surface area contributed by atoms with Crippen LogP contribution in [-0.4, -0.2) is 16.8 Å². The Bertz CT molecular complexity index is 70.8. The molecule has 1 unspecified atom stereocenters. The quantitative estimate of drug-likeness (QED) is 0.492. The van der Waals surface area contributed by atoms with Crippen LogP contribution in [0.4, 0.5) is 0 Å². The van der Waals surface area contributed by atoms with Crippen molar-refractivity contribution in [2.24, 2.45) is 5.73 Å². The van der Waals surface area contributed by atoms with E-state index in [4.69, 9.17) is 10.5 Å². The van der Waals surface area contributed by atoms with Crippen LogP contribution in [0, 0.1) is 0 Å². The average molecular weight is 227 g/mol. The molecule has 1 heterocycles. The molecular weight excluding hydrogens is 217 g/mol. The molecule has 1 aliphatic heterocycles. The molecule has 0 aromatic rings. The largest absolute Gasteiger partial charge is 0.364 e. The van der Waals surface area contributed by atoms with E-state index in [0.717, 1.165) is 23.4 Å². The number of alkyl halides is 1. The molecule has 3 heteroatoms. The fourth-order valence-electron chi connectivity index (χ4n) is 0.785. The van der Waals surface area contributed by atoms with Crippen molar-refractivity contribution in [3.05, 3.63) is 0 Å². The zero-order valence-electron chi connectivity index (χ0n) is 4.64. The summed E-state index contributed by atoms with van der Waals surface area (Å²) in [4.78, 5) is 0. The van der Waals surface area contributed by atoms with Gasteiger partial charge in [0, 0.05) is 10.5 Å². The van der Waals surface area contributed by atoms with Gasteiger partial charge in [-0.3, -0.25) is 0 Å². The first kappa shape index (κ1) is 6.77. The van der Waals surface area contributed by atoms with Crippen LogP contribution in [0.3, 0.4) is 0 Å². The number of halogens is 1. The first-order valence-electron chi connectivity index (χ1n) is 2.80. The predicted molar refractivity (Wildman–Crippen MR) is 41.0 cm³/mol. The van der Waals surface area contributed by atoms with E-state index in [1.54, 1.807) is 0 Å². The van der Waals surface area contributed by atoms with E-state index in [0.29, 0.717) is 0 Å². The van der Waals surface area contributed by atoms with Crippen molar-refractivity contribution >= 4 is 22.6 Å². The predicted octanol–water partition coefficient (Wildman–Crippen LogP) is 0.885. The summed E-state index contributed by atoms with van der Waals surface area (Å²) in [6.45, 7) is 0.842. The second kappa shape index (κ2) is 2.98. The molecule has 0 radical (unpaired) electrons. The molecule has 1 aliphatic rings. The summed E-state index contributed by atoms with van der Waals surface area (Å²) in [5.41, 5.74) is 5.50. The van der Waals surface area contributed by atoms with Crippen molar-refractivity contribution < 1.29 is 4.74 Å². The molecule has 2 N–H and O–H groups in total. The Morgan fingerprint density at radius 1 is 1.62 bits per heavy atom. The maximum atomic E-state index is 5.50. The number of hydrogen-bond acceptors (Lipinski definition) is 2. The maximum Gasteiger partial charge on any atom is 0.106 e. The van der Waals surface area contributed by atoms with Gasteiger partial charge in [0.25, 0.3) is 0 Å². The molecule has 0 bridgehead atoms. The van der Waals surface area contributed by atoms with Gasteiger partial charge in [0.05, 0.1) is 0 Å². The van der Waals surface area contributed by atoms with Crippen LogP contribution < -0.4 is 5.73 Å². The Kier molecular flexibility index (Phi) is 2.52. The van der Waals surface area contributed by atoms with E-state index in [2.05, 4.69) is 22.6 Å². The minimum absolute atomic E-state index is 0.00523. The first-order chi connectivity index (χ1) is 3.79. The van der Waals surface area contributed by atoms with Crippen LogP contribution in [0.2, 0.25) is 0 Å². The van der Waals surface area contributed by atoms with Crippen LogP contribution in [0.25, 0.3) is 0 Å². The van der Waals surface area contributed by atoms with Crippen molar-refractivity contribution in [2.75, 3.05) is 6.61 Å². The molecular formula is C5H10INO. The molecule has 0 saturated carbocycles. The Hall–Kier alpha value is 0.650. The number of nitrogens with two attached hydrogens (primary N) is 1. The van der Waals surface area contributed by atoms with Gasteiger partial charge in [-0.1, -0.05) is 22.6 Å². The lowest BCUT2D eigenvalue weighted by Gasteiger charge is -2.22. The van der Waals surface area contributed by atoms with Gasteiger partial charge < -0.3 is 10.5 Å². The highest BCUT2D eigenvalue weighted by atomic mass is 127. The fraction of sp³-hybridized carbons (Fsp3) is 1.00. The normalized spacial score (nSPS) is 39.8. The highest BCUT2D eigenvalue weighted by Gasteiger charge is 2.15. The molecule has 1 rings (SSSR count). The molecule has 2 nitrogen and oxygen atoms in total. The third-order valence-electron chi connectivity index (χ3n) is 1.25. The maximum absolute atomic E-state index is 5.50. The molecule has 2 atom stereocenters. The minimum atomic E-state index is 0.00523. The van der Waals surface area contributed by atoms with Gasteiger partial charge >= 0.3 is 0 Å². The Labute approximate surface area is 62.9 Å². The van der Waals surface area contributed by atoms with Crippen molar-refractivity contribution in [1.82, 2.24) is 0 Å². The van der Waals surface area contributed by atoms with Gasteiger partial charge in [-0.15, -0.1) is 0 Å². The van der Waals surface area contributed by atoms with Crippen molar-refractivity contribution in [3.8, 4) is 0 Å². The highest BCUT2D eigenvalue weighted by Crippen LogP contribution is 2.17. The zero-order valence-corrected chi connectivity index (χ0v) is 6.80. The van der Waals surface area contributed by atoms with Crippen molar-refractivity contribution in [3.63, 3.8) is 0 Å². The van der Waals surface area contributed by atoms with Crippen LogP contribution in [0.1, 0.15) is 12.8 Å². The molecule has 0 amide bonds. The number of hydrogen-bond donors (Lipinski definition) is 1. The van der Waals surface area contributed by atoms with Gasteiger partial charge in [-0.25, -0.2) is 0 Å². The van der Waals surface area contributed by atoms with E-state index in [-0.39, 0.29) is 6.23 Å². The number of ether oxygens (including phenoxy) is 1. The molecule has 1 saturated heterocycles. The summed E-state index contributed by atoms with van der Waals surface area (Å²) >= 11 is 2.41. The standard InChI is InChI=1S/C5H10INO/c6-4-1-2-8-5(7)3-4/h4-5H,1-3,7H2/t4-,5?/m1/s1. The zero-order chi connectivity index (χ0) is 5.98. The van der Waals surface area contributed by atoms with Gasteiger partial charge in [-0.05, 0) is 12.8 Å². The van der Waals surface area contributed by atoms with E-state index in [9.17, 15) is 0 Å². The van der Waals surface area contributed by atoms with Crippen molar-refractivity contribution in [2.45, 2.75) is 23.0 Å². The van der Waals surface area contributed by atoms with Gasteiger partial charge in [-0.2, -0.15) is 0 Å². The Balaban J connectivity index is 2.23. The third kappa shape index (κ3) is 1.87. The van der Waals surface area contributed by atoms with E-state index in [1.165, 1.54) is 0 Å². The molecule has 48 valence electrons. The smallest absolute Gasteiger partial charge is 0.106 e. The third-order valence-corrected chi connectivity index (χ3v) is 2.38. The second-order valence-electron chi connectivity index (χ2n) is 2.03. The highest BCUT2D eigenvalue weighted by molar-refractivity contribution is 14.1. The molecule has 0 aliphatic carbocycles. The van der Waals surface area contributed by atoms with Gasteiger partial charge in [0.1, 0.15) is 6.23 Å². The summed E-state index contributed by atoms with van der Waals surface area (Å²) in [6.07, 6.45) is 2.18. The van der Waals surface area contributed by atoms with Gasteiger partial charge in [0.15, 0.2) is 0 Å². The second-order valence-corrected chi connectivity index (χ2v) is 3.79. The topological polar surface area (TPSA) is 35.2 Å². The molecule has 0 spiro atoms. The SMILES string of the molecule is NC1C[C@H](I)CCO1. The lowest BCUT2D eigenvalue weighted by atomic mass is 10.2. The lowest BCUT2D eigenvalue weighted by Crippen LogP contribution is -2.32. The number of rotatable bonds is 0. The molecule has 1 fully saturated rings. The first-order valence-corrected chi connectivity index (χ1v) is 4.05. The average Bonchev–Trinajstić information content (AvgIpc) is 1.64. The lowest BCUT2D eigenvalue weighted by molar-refractivity contribution is 0.0256. The summed E-state index contributed by atoms with van der Waals surface area (Å²) < 4.78 is 5.85. The van der Waals surface area contributed by atoms with Crippen LogP contribution in [0.5, 0.6) is 0 Å². The Morgan fingerprint density at radius 3 is 2.75 bits per heavy atom. The monoisotopic (exact) mass is 227 g/mol. The summed E-state index contributed by atoms with van der Waals surface area (Å²) in [6, 6.07) is 0. The summed E-state index contributed by atoms with van der Waals surface area (Å²) in [5.74, 6) is 0. The fourth-order valence-corrected chi connectivity index (χ4v) is 1.54.